The molecule has 0 amide bonds. The Morgan fingerprint density at radius 2 is 0.566 bits per heavy atom. The fraction of sp³-hybridized carbons (Fsp3) is 0.403. The van der Waals surface area contributed by atoms with E-state index in [9.17, 15) is 0 Å². The van der Waals surface area contributed by atoms with Crippen LogP contribution in [0.3, 0.4) is 0 Å². The summed E-state index contributed by atoms with van der Waals surface area (Å²) in [5.41, 5.74) is 29.3. The van der Waals surface area contributed by atoms with Crippen LogP contribution < -0.4 is 0 Å². The number of hydrogen-bond acceptors (Lipinski definition) is 4. The van der Waals surface area contributed by atoms with E-state index < -0.39 is 0 Å². The van der Waals surface area contributed by atoms with Crippen molar-refractivity contribution in [1.29, 1.82) is 0 Å². The molecule has 6 aromatic rings. The van der Waals surface area contributed by atoms with Crippen molar-refractivity contribution in [3.63, 3.8) is 0 Å². The molecule has 0 heterocycles. The maximum absolute atomic E-state index is 5.29. The standard InChI is InChI=1S/2C33H42N2.CH2Cl2.2BrH.Ni/c2*1-9-30(34-32-25(5)18-23(3)19-26(32)6)31(35-33-27(7)20-24(4)21-28(33)8)13-11-10-12-29-16-14-22(2)15-17-29;2-1-3;;;/h2*14-21H,9-13H2,1-8H3;1H2;2*1H;/q;;;;;+2/p-2. The Bertz CT molecular complexity index is 2630. The number of aryl methyl sites for hydroxylation is 16. The van der Waals surface area contributed by atoms with Gasteiger partial charge in [0.1, 0.15) is 0 Å². The van der Waals surface area contributed by atoms with Crippen LogP contribution in [-0.2, 0) is 23.7 Å². The zero-order valence-electron chi connectivity index (χ0n) is 48.6. The molecule has 0 aliphatic heterocycles. The van der Waals surface area contributed by atoms with Crippen LogP contribution in [0.15, 0.2) is 117 Å². The summed E-state index contributed by atoms with van der Waals surface area (Å²) in [7, 11) is 1.25. The van der Waals surface area contributed by atoms with Gasteiger partial charge in [-0.2, -0.15) is 0 Å². The van der Waals surface area contributed by atoms with E-state index in [0.717, 1.165) is 110 Å². The van der Waals surface area contributed by atoms with E-state index in [0.29, 0.717) is 0 Å². The number of halogens is 4. The topological polar surface area (TPSA) is 49.4 Å². The normalized spacial score (nSPS) is 11.9. The number of alkyl halides is 2. The van der Waals surface area contributed by atoms with Crippen molar-refractivity contribution in [3.8, 4) is 0 Å². The molecule has 0 unspecified atom stereocenters. The molecule has 0 saturated carbocycles. The van der Waals surface area contributed by atoms with Crippen LogP contribution in [0, 0.1) is 96.9 Å². The van der Waals surface area contributed by atoms with E-state index in [-0.39, 0.29) is 5.34 Å². The zero-order valence-corrected chi connectivity index (χ0v) is 54.3. The van der Waals surface area contributed by atoms with E-state index in [4.69, 9.17) is 43.2 Å². The summed E-state index contributed by atoms with van der Waals surface area (Å²) in [5, 5.41) is 0.194. The van der Waals surface area contributed by atoms with Gasteiger partial charge in [-0.15, -0.1) is 23.2 Å². The summed E-state index contributed by atoms with van der Waals surface area (Å²) >= 11 is 15.5. The minimum absolute atomic E-state index is 0.194. The fourth-order valence-corrected chi connectivity index (χ4v) is 9.91. The van der Waals surface area contributed by atoms with Gasteiger partial charge in [-0.3, -0.25) is 20.0 Å². The summed E-state index contributed by atoms with van der Waals surface area (Å²) in [6.45, 7) is 34.7. The van der Waals surface area contributed by atoms with Gasteiger partial charge in [0.2, 0.25) is 0 Å². The summed E-state index contributed by atoms with van der Waals surface area (Å²) in [6.07, 6.45) is 10.3. The number of hydrogen-bond donors (Lipinski definition) is 0. The van der Waals surface area contributed by atoms with E-state index >= 15 is 0 Å². The van der Waals surface area contributed by atoms with Crippen LogP contribution >= 0.6 is 51.7 Å². The van der Waals surface area contributed by atoms with Crippen LogP contribution in [0.4, 0.5) is 22.7 Å². The molecular formula is C67H86Br2Cl2N4Ni. The monoisotopic (exact) mass is 1230 g/mol. The van der Waals surface area contributed by atoms with Crippen molar-refractivity contribution in [1.82, 2.24) is 0 Å². The van der Waals surface area contributed by atoms with Crippen LogP contribution in [-0.4, -0.2) is 28.2 Å². The molecule has 6 aromatic carbocycles. The SMILES string of the molecule is CCC(=Nc1c(C)cc(C)cc1C)C(CCCCc1ccc(C)cc1)=Nc1c(C)cc(C)cc1C.CCC(=Nc1c(C)cc(C)cc1C)C(CCCCc1ccc(C)cc1)=Nc1c(C)cc(C)cc1C.ClCCl.[Br][Ni][Br]. The molecule has 0 spiro atoms. The molecule has 0 atom stereocenters. The van der Waals surface area contributed by atoms with Gasteiger partial charge in [-0.25, -0.2) is 0 Å². The van der Waals surface area contributed by atoms with Crippen molar-refractivity contribution in [3.05, 3.63) is 186 Å². The first-order valence-electron chi connectivity index (χ1n) is 26.9. The molecule has 412 valence electrons. The van der Waals surface area contributed by atoms with Crippen molar-refractivity contribution >= 4 is 97.2 Å². The molecule has 0 aliphatic rings. The van der Waals surface area contributed by atoms with Gasteiger partial charge in [0, 0.05) is 0 Å². The summed E-state index contributed by atoms with van der Waals surface area (Å²) < 4.78 is 0. The second kappa shape index (κ2) is 34.8. The molecule has 4 nitrogen and oxygen atoms in total. The first-order valence-corrected chi connectivity index (χ1v) is 32.8. The predicted molar refractivity (Wildman–Crippen MR) is 343 cm³/mol. The number of unbranched alkanes of at least 4 members (excludes halogenated alkanes) is 2. The number of rotatable bonds is 18. The Labute approximate surface area is 490 Å². The third-order valence-electron chi connectivity index (χ3n) is 13.4. The molecule has 0 fully saturated rings. The van der Waals surface area contributed by atoms with Crippen molar-refractivity contribution in [2.24, 2.45) is 20.0 Å². The average Bonchev–Trinajstić information content (AvgIpc) is 3.34. The van der Waals surface area contributed by atoms with E-state index in [1.807, 2.05) is 0 Å². The van der Waals surface area contributed by atoms with Gasteiger partial charge in [0.15, 0.2) is 0 Å². The molecular weight excluding hydrogens is 1150 g/mol. The van der Waals surface area contributed by atoms with Crippen LogP contribution in [0.2, 0.25) is 0 Å². The summed E-state index contributed by atoms with van der Waals surface area (Å²) in [6, 6.07) is 35.7. The van der Waals surface area contributed by atoms with E-state index in [1.165, 1.54) is 99.9 Å². The second-order valence-electron chi connectivity index (χ2n) is 20.5. The number of aliphatic imine (C=N–C) groups is 4. The van der Waals surface area contributed by atoms with Gasteiger partial charge < -0.3 is 0 Å². The maximum atomic E-state index is 5.29. The van der Waals surface area contributed by atoms with Crippen LogP contribution in [0.1, 0.15) is 154 Å². The zero-order chi connectivity index (χ0) is 56.5. The first kappa shape index (κ1) is 66.3. The first-order chi connectivity index (χ1) is 36.2. The second-order valence-corrected chi connectivity index (χ2v) is 26.3. The molecule has 0 bridgehead atoms. The fourth-order valence-electron chi connectivity index (χ4n) is 9.91. The summed E-state index contributed by atoms with van der Waals surface area (Å²) in [5.74, 6) is 0. The third-order valence-corrected chi connectivity index (χ3v) is 13.4. The van der Waals surface area contributed by atoms with E-state index in [2.05, 4.69) is 236 Å². The molecule has 0 N–H and O–H groups in total. The van der Waals surface area contributed by atoms with Crippen LogP contribution in [0.25, 0.3) is 0 Å². The predicted octanol–water partition coefficient (Wildman–Crippen LogP) is 22.1. The van der Waals surface area contributed by atoms with Gasteiger partial charge in [-0.1, -0.05) is 144 Å². The van der Waals surface area contributed by atoms with Gasteiger partial charge in [0.05, 0.1) is 50.9 Å². The minimum atomic E-state index is 0.194. The Morgan fingerprint density at radius 1 is 0.355 bits per heavy atom. The number of benzene rings is 6. The molecule has 9 heteroatoms. The van der Waals surface area contributed by atoms with Gasteiger partial charge in [-0.05, 0) is 217 Å². The van der Waals surface area contributed by atoms with Crippen LogP contribution in [0.5, 0.6) is 0 Å². The Kier molecular flexibility index (Phi) is 30.4. The molecule has 76 heavy (non-hydrogen) atoms. The number of nitrogens with zero attached hydrogens (tertiary/aromatic N) is 4. The van der Waals surface area contributed by atoms with Crippen molar-refractivity contribution in [2.45, 2.75) is 175 Å². The quantitative estimate of drug-likeness (QED) is 0.0356. The molecule has 0 aliphatic carbocycles. The van der Waals surface area contributed by atoms with Gasteiger partial charge in [0.25, 0.3) is 0 Å². The summed E-state index contributed by atoms with van der Waals surface area (Å²) in [4.78, 5) is 21.0. The Balaban J connectivity index is 0.000000363. The van der Waals surface area contributed by atoms with Crippen molar-refractivity contribution in [2.75, 3.05) is 5.34 Å². The van der Waals surface area contributed by atoms with Crippen molar-refractivity contribution < 1.29 is 10.9 Å². The Hall–Kier alpha value is -3.97. The average molecular weight is 1240 g/mol. The Morgan fingerprint density at radius 3 is 0.776 bits per heavy atom. The van der Waals surface area contributed by atoms with Gasteiger partial charge >= 0.3 is 39.3 Å². The molecule has 0 saturated heterocycles. The molecule has 0 aromatic heterocycles. The van der Waals surface area contributed by atoms with E-state index in [1.54, 1.807) is 0 Å². The third kappa shape index (κ3) is 22.4. The molecule has 6 rings (SSSR count). The molecule has 0 radical (unpaired) electrons.